The van der Waals surface area contributed by atoms with Crippen molar-refractivity contribution >= 4 is 5.78 Å². The summed E-state index contributed by atoms with van der Waals surface area (Å²) in [5.41, 5.74) is 0. The van der Waals surface area contributed by atoms with Crippen molar-refractivity contribution in [3.63, 3.8) is 0 Å². The molecule has 0 aromatic carbocycles. The van der Waals surface area contributed by atoms with Gasteiger partial charge in [0.1, 0.15) is 5.78 Å². The standard InChI is InChI=1S/C10H18O3/c1-7(11)6-8-9(12)4-3-5-10(8)13-2/h8-10,12H,3-6H2,1-2H3/t8-,9-,10-/m1/s1. The van der Waals surface area contributed by atoms with E-state index in [4.69, 9.17) is 4.74 Å². The molecule has 3 nitrogen and oxygen atoms in total. The van der Waals surface area contributed by atoms with E-state index in [0.29, 0.717) is 6.42 Å². The first-order valence-corrected chi connectivity index (χ1v) is 4.85. The van der Waals surface area contributed by atoms with Gasteiger partial charge in [0.05, 0.1) is 12.2 Å². The maximum Gasteiger partial charge on any atom is 0.130 e. The first-order chi connectivity index (χ1) is 6.15. The normalized spacial score (nSPS) is 34.5. The van der Waals surface area contributed by atoms with Gasteiger partial charge in [-0.15, -0.1) is 0 Å². The minimum absolute atomic E-state index is 0.0104. The third kappa shape index (κ3) is 2.78. The summed E-state index contributed by atoms with van der Waals surface area (Å²) in [6.45, 7) is 1.56. The Bertz CT molecular complexity index is 179. The smallest absolute Gasteiger partial charge is 0.130 e. The fraction of sp³-hybridized carbons (Fsp3) is 0.900. The van der Waals surface area contributed by atoms with Gasteiger partial charge in [0, 0.05) is 19.4 Å². The van der Waals surface area contributed by atoms with Crippen LogP contribution in [0.5, 0.6) is 0 Å². The topological polar surface area (TPSA) is 46.5 Å². The van der Waals surface area contributed by atoms with Crippen molar-refractivity contribution in [3.8, 4) is 0 Å². The molecule has 0 saturated heterocycles. The van der Waals surface area contributed by atoms with Crippen LogP contribution in [0.2, 0.25) is 0 Å². The Balaban J connectivity index is 2.56. The maximum atomic E-state index is 11.0. The van der Waals surface area contributed by atoms with Gasteiger partial charge in [-0.05, 0) is 26.2 Å². The first kappa shape index (κ1) is 10.7. The Kier molecular flexibility index (Phi) is 3.88. The lowest BCUT2D eigenvalue weighted by Gasteiger charge is -2.33. The van der Waals surface area contributed by atoms with E-state index in [1.54, 1.807) is 14.0 Å². The molecule has 0 radical (unpaired) electrons. The van der Waals surface area contributed by atoms with E-state index in [-0.39, 0.29) is 23.9 Å². The number of methoxy groups -OCH3 is 1. The minimum atomic E-state index is -0.359. The monoisotopic (exact) mass is 186 g/mol. The van der Waals surface area contributed by atoms with Crippen LogP contribution in [0, 0.1) is 5.92 Å². The van der Waals surface area contributed by atoms with E-state index in [1.807, 2.05) is 0 Å². The number of hydrogen-bond donors (Lipinski definition) is 1. The molecule has 76 valence electrons. The second-order valence-electron chi connectivity index (χ2n) is 3.84. The van der Waals surface area contributed by atoms with Gasteiger partial charge in [-0.1, -0.05) is 0 Å². The summed E-state index contributed by atoms with van der Waals surface area (Å²) in [5, 5.41) is 9.69. The van der Waals surface area contributed by atoms with Crippen LogP contribution in [-0.2, 0) is 9.53 Å². The highest BCUT2D eigenvalue weighted by atomic mass is 16.5. The van der Waals surface area contributed by atoms with Gasteiger partial charge >= 0.3 is 0 Å². The SMILES string of the molecule is CO[C@@H]1CCC[C@@H](O)[C@H]1CC(C)=O. The molecule has 0 amide bonds. The van der Waals surface area contributed by atoms with Gasteiger partial charge in [-0.3, -0.25) is 0 Å². The van der Waals surface area contributed by atoms with Crippen LogP contribution in [0.25, 0.3) is 0 Å². The largest absolute Gasteiger partial charge is 0.393 e. The number of hydrogen-bond acceptors (Lipinski definition) is 3. The molecular weight excluding hydrogens is 168 g/mol. The molecule has 1 aliphatic rings. The van der Waals surface area contributed by atoms with Crippen LogP contribution >= 0.6 is 0 Å². The molecule has 0 heterocycles. The van der Waals surface area contributed by atoms with Gasteiger partial charge in [0.2, 0.25) is 0 Å². The summed E-state index contributed by atoms with van der Waals surface area (Å²) in [4.78, 5) is 11.0. The summed E-state index contributed by atoms with van der Waals surface area (Å²) in [7, 11) is 1.65. The van der Waals surface area contributed by atoms with Crippen LogP contribution < -0.4 is 0 Å². The summed E-state index contributed by atoms with van der Waals surface area (Å²) in [5.74, 6) is 0.143. The van der Waals surface area contributed by atoms with Crippen LogP contribution in [-0.4, -0.2) is 30.2 Å². The van der Waals surface area contributed by atoms with Gasteiger partial charge in [0.25, 0.3) is 0 Å². The molecule has 1 fully saturated rings. The van der Waals surface area contributed by atoms with Crippen LogP contribution in [0.15, 0.2) is 0 Å². The second-order valence-corrected chi connectivity index (χ2v) is 3.84. The number of rotatable bonds is 3. The number of aliphatic hydroxyl groups excluding tert-OH is 1. The Hall–Kier alpha value is -0.410. The number of Topliss-reactive ketones (excluding diaryl/α,β-unsaturated/α-hetero) is 1. The zero-order chi connectivity index (χ0) is 9.84. The fourth-order valence-electron chi connectivity index (χ4n) is 2.10. The van der Waals surface area contributed by atoms with Gasteiger partial charge < -0.3 is 14.6 Å². The molecule has 0 bridgehead atoms. The number of ether oxygens (including phenoxy) is 1. The molecule has 0 aromatic rings. The van der Waals surface area contributed by atoms with Gasteiger partial charge in [0.15, 0.2) is 0 Å². The minimum Gasteiger partial charge on any atom is -0.393 e. The van der Waals surface area contributed by atoms with E-state index in [2.05, 4.69) is 0 Å². The van der Waals surface area contributed by atoms with Crippen LogP contribution in [0.1, 0.15) is 32.6 Å². The molecule has 3 heteroatoms. The average Bonchev–Trinajstić information content (AvgIpc) is 2.08. The summed E-state index contributed by atoms with van der Waals surface area (Å²) < 4.78 is 5.26. The van der Waals surface area contributed by atoms with E-state index >= 15 is 0 Å². The van der Waals surface area contributed by atoms with Crippen molar-refractivity contribution in [1.29, 1.82) is 0 Å². The molecule has 0 aromatic heterocycles. The molecular formula is C10H18O3. The molecule has 0 aliphatic heterocycles. The Morgan fingerprint density at radius 2 is 2.23 bits per heavy atom. The van der Waals surface area contributed by atoms with E-state index < -0.39 is 0 Å². The van der Waals surface area contributed by atoms with Gasteiger partial charge in [-0.2, -0.15) is 0 Å². The maximum absolute atomic E-state index is 11.0. The lowest BCUT2D eigenvalue weighted by molar-refractivity contribution is -0.122. The molecule has 1 saturated carbocycles. The van der Waals surface area contributed by atoms with Gasteiger partial charge in [-0.25, -0.2) is 0 Å². The summed E-state index contributed by atoms with van der Waals surface area (Å²) >= 11 is 0. The number of carbonyl (C=O) groups excluding carboxylic acids is 1. The zero-order valence-electron chi connectivity index (χ0n) is 8.32. The Morgan fingerprint density at radius 1 is 1.54 bits per heavy atom. The van der Waals surface area contributed by atoms with Crippen molar-refractivity contribution in [2.24, 2.45) is 5.92 Å². The third-order valence-electron chi connectivity index (χ3n) is 2.79. The van der Waals surface area contributed by atoms with Crippen molar-refractivity contribution in [2.45, 2.75) is 44.8 Å². The highest BCUT2D eigenvalue weighted by Crippen LogP contribution is 2.29. The highest BCUT2D eigenvalue weighted by molar-refractivity contribution is 5.75. The Morgan fingerprint density at radius 3 is 2.77 bits per heavy atom. The van der Waals surface area contributed by atoms with E-state index in [1.165, 1.54) is 0 Å². The molecule has 3 atom stereocenters. The summed E-state index contributed by atoms with van der Waals surface area (Å²) in [6, 6.07) is 0. The lowest BCUT2D eigenvalue weighted by atomic mass is 9.81. The lowest BCUT2D eigenvalue weighted by Crippen LogP contribution is -2.38. The molecule has 13 heavy (non-hydrogen) atoms. The zero-order valence-corrected chi connectivity index (χ0v) is 8.32. The number of aliphatic hydroxyl groups is 1. The predicted octanol–water partition coefficient (Wildman–Crippen LogP) is 1.14. The predicted molar refractivity (Wildman–Crippen MR) is 49.4 cm³/mol. The molecule has 0 spiro atoms. The van der Waals surface area contributed by atoms with Crippen molar-refractivity contribution < 1.29 is 14.6 Å². The molecule has 1 N–H and O–H groups in total. The van der Waals surface area contributed by atoms with E-state index in [9.17, 15) is 9.90 Å². The fourth-order valence-corrected chi connectivity index (χ4v) is 2.10. The number of carbonyl (C=O) groups is 1. The van der Waals surface area contributed by atoms with Crippen molar-refractivity contribution in [1.82, 2.24) is 0 Å². The second kappa shape index (κ2) is 4.72. The number of ketones is 1. The van der Waals surface area contributed by atoms with Crippen molar-refractivity contribution in [2.75, 3.05) is 7.11 Å². The quantitative estimate of drug-likeness (QED) is 0.719. The average molecular weight is 186 g/mol. The molecule has 0 unspecified atom stereocenters. The van der Waals surface area contributed by atoms with Crippen LogP contribution in [0.4, 0.5) is 0 Å². The van der Waals surface area contributed by atoms with E-state index in [0.717, 1.165) is 19.3 Å². The van der Waals surface area contributed by atoms with Crippen molar-refractivity contribution in [3.05, 3.63) is 0 Å². The van der Waals surface area contributed by atoms with Crippen LogP contribution in [0.3, 0.4) is 0 Å². The molecule has 1 aliphatic carbocycles. The Labute approximate surface area is 79.1 Å². The third-order valence-corrected chi connectivity index (χ3v) is 2.79. The molecule has 1 rings (SSSR count). The highest BCUT2D eigenvalue weighted by Gasteiger charge is 2.32. The summed E-state index contributed by atoms with van der Waals surface area (Å²) in [6.07, 6.45) is 2.91. The first-order valence-electron chi connectivity index (χ1n) is 4.85.